The number of nitrogens with one attached hydrogen (secondary N) is 1. The minimum Gasteiger partial charge on any atom is -0.398 e. The summed E-state index contributed by atoms with van der Waals surface area (Å²) in [5.74, 6) is -5.24. The van der Waals surface area contributed by atoms with Gasteiger partial charge in [0.2, 0.25) is 0 Å². The molecule has 0 fully saturated rings. The summed E-state index contributed by atoms with van der Waals surface area (Å²) < 4.78 is 39.1. The van der Waals surface area contributed by atoms with Gasteiger partial charge in [0, 0.05) is 18.1 Å². The second kappa shape index (κ2) is 4.97. The molecule has 0 radical (unpaired) electrons. The van der Waals surface area contributed by atoms with Gasteiger partial charge < -0.3 is 11.1 Å². The second-order valence-electron chi connectivity index (χ2n) is 3.64. The first kappa shape index (κ1) is 12.9. The summed E-state index contributed by atoms with van der Waals surface area (Å²) in [6.07, 6.45) is 2.56. The first-order valence-electron chi connectivity index (χ1n) is 5.15. The van der Waals surface area contributed by atoms with E-state index in [2.05, 4.69) is 10.3 Å². The maximum Gasteiger partial charge on any atom is 0.259 e. The summed E-state index contributed by atoms with van der Waals surface area (Å²) in [7, 11) is 0. The van der Waals surface area contributed by atoms with E-state index in [0.717, 1.165) is 6.07 Å². The van der Waals surface area contributed by atoms with Crippen molar-refractivity contribution in [3.63, 3.8) is 0 Å². The summed E-state index contributed by atoms with van der Waals surface area (Å²) in [6, 6.07) is 3.01. The van der Waals surface area contributed by atoms with Gasteiger partial charge in [-0.15, -0.1) is 0 Å². The fourth-order valence-corrected chi connectivity index (χ4v) is 1.41. The number of rotatable bonds is 2. The fourth-order valence-electron chi connectivity index (χ4n) is 1.41. The highest BCUT2D eigenvalue weighted by Gasteiger charge is 2.17. The highest BCUT2D eigenvalue weighted by Crippen LogP contribution is 2.21. The van der Waals surface area contributed by atoms with E-state index in [4.69, 9.17) is 5.73 Å². The molecule has 1 heterocycles. The number of hydrogen-bond acceptors (Lipinski definition) is 3. The average Bonchev–Trinajstić information content (AvgIpc) is 2.40. The van der Waals surface area contributed by atoms with E-state index in [-0.39, 0.29) is 11.3 Å². The Labute approximate surface area is 106 Å². The standard InChI is InChI=1S/C12H8F3N3O/c13-7-1-2-9(11(15)10(7)14)18-12(19)6-5-17-4-3-8(6)16/h1-5H,(H2,16,17)(H,18,19). The Morgan fingerprint density at radius 1 is 1.16 bits per heavy atom. The fraction of sp³-hybridized carbons (Fsp3) is 0. The van der Waals surface area contributed by atoms with Crippen LogP contribution in [0, 0.1) is 17.5 Å². The molecule has 0 spiro atoms. The Hall–Kier alpha value is -2.57. The van der Waals surface area contributed by atoms with Crippen LogP contribution in [0.2, 0.25) is 0 Å². The predicted molar refractivity (Wildman–Crippen MR) is 62.9 cm³/mol. The third kappa shape index (κ3) is 2.49. The lowest BCUT2D eigenvalue weighted by Gasteiger charge is -2.08. The third-order valence-electron chi connectivity index (χ3n) is 2.38. The van der Waals surface area contributed by atoms with Gasteiger partial charge in [-0.05, 0) is 18.2 Å². The Balaban J connectivity index is 2.30. The van der Waals surface area contributed by atoms with Crippen molar-refractivity contribution in [3.05, 3.63) is 53.6 Å². The molecule has 2 aromatic rings. The zero-order chi connectivity index (χ0) is 14.0. The van der Waals surface area contributed by atoms with Crippen LogP contribution in [0.1, 0.15) is 10.4 Å². The molecule has 0 aliphatic rings. The summed E-state index contributed by atoms with van der Waals surface area (Å²) in [5, 5.41) is 2.09. The van der Waals surface area contributed by atoms with E-state index in [1.54, 1.807) is 0 Å². The van der Waals surface area contributed by atoms with Crippen LogP contribution in [0.4, 0.5) is 24.5 Å². The largest absolute Gasteiger partial charge is 0.398 e. The molecule has 0 bridgehead atoms. The van der Waals surface area contributed by atoms with Crippen LogP contribution >= 0.6 is 0 Å². The molecule has 1 amide bonds. The van der Waals surface area contributed by atoms with Gasteiger partial charge in [-0.3, -0.25) is 9.78 Å². The zero-order valence-corrected chi connectivity index (χ0v) is 9.45. The smallest absolute Gasteiger partial charge is 0.259 e. The lowest BCUT2D eigenvalue weighted by atomic mass is 10.2. The number of amides is 1. The number of hydrogen-bond donors (Lipinski definition) is 2. The number of halogens is 3. The molecule has 3 N–H and O–H groups in total. The first-order chi connectivity index (χ1) is 9.00. The molecule has 0 unspecified atom stereocenters. The van der Waals surface area contributed by atoms with Crippen LogP contribution in [0.25, 0.3) is 0 Å². The molecular formula is C12H8F3N3O. The predicted octanol–water partition coefficient (Wildman–Crippen LogP) is 2.33. The molecule has 98 valence electrons. The van der Waals surface area contributed by atoms with E-state index in [9.17, 15) is 18.0 Å². The molecular weight excluding hydrogens is 259 g/mol. The number of nitrogens with zero attached hydrogens (tertiary/aromatic N) is 1. The Bertz CT molecular complexity index is 646. The van der Waals surface area contributed by atoms with Gasteiger partial charge in [-0.25, -0.2) is 13.2 Å². The maximum atomic E-state index is 13.4. The van der Waals surface area contributed by atoms with Gasteiger partial charge in [-0.1, -0.05) is 0 Å². The number of pyridine rings is 1. The minimum absolute atomic E-state index is 0.00614. The average molecular weight is 267 g/mol. The monoisotopic (exact) mass is 267 g/mol. The second-order valence-corrected chi connectivity index (χ2v) is 3.64. The maximum absolute atomic E-state index is 13.4. The number of carbonyl (C=O) groups excluding carboxylic acids is 1. The van der Waals surface area contributed by atoms with Crippen LogP contribution in [0.3, 0.4) is 0 Å². The number of anilines is 2. The molecule has 0 saturated carbocycles. The molecule has 0 atom stereocenters. The van der Waals surface area contributed by atoms with Crippen LogP contribution in [0.5, 0.6) is 0 Å². The molecule has 0 aliphatic heterocycles. The van der Waals surface area contributed by atoms with Crippen molar-refractivity contribution in [2.45, 2.75) is 0 Å². The number of nitrogens with two attached hydrogens (primary N) is 1. The van der Waals surface area contributed by atoms with Crippen LogP contribution in [-0.2, 0) is 0 Å². The Morgan fingerprint density at radius 3 is 2.58 bits per heavy atom. The SMILES string of the molecule is Nc1ccncc1C(=O)Nc1ccc(F)c(F)c1F. The number of nitrogen functional groups attached to an aromatic ring is 1. The van der Waals surface area contributed by atoms with E-state index in [1.165, 1.54) is 18.5 Å². The molecule has 1 aromatic heterocycles. The highest BCUT2D eigenvalue weighted by atomic mass is 19.2. The van der Waals surface area contributed by atoms with Crippen LogP contribution in [-0.4, -0.2) is 10.9 Å². The van der Waals surface area contributed by atoms with Crippen LogP contribution < -0.4 is 11.1 Å². The normalized spacial score (nSPS) is 10.3. The highest BCUT2D eigenvalue weighted by molar-refractivity contribution is 6.07. The van der Waals surface area contributed by atoms with Crippen molar-refractivity contribution < 1.29 is 18.0 Å². The van der Waals surface area contributed by atoms with E-state index < -0.39 is 29.0 Å². The molecule has 4 nitrogen and oxygen atoms in total. The summed E-state index contributed by atoms with van der Waals surface area (Å²) in [4.78, 5) is 15.5. The van der Waals surface area contributed by atoms with Gasteiger partial charge in [-0.2, -0.15) is 0 Å². The van der Waals surface area contributed by atoms with Gasteiger partial charge in [0.15, 0.2) is 17.5 Å². The van der Waals surface area contributed by atoms with E-state index >= 15 is 0 Å². The zero-order valence-electron chi connectivity index (χ0n) is 9.45. The molecule has 0 aliphatic carbocycles. The van der Waals surface area contributed by atoms with Gasteiger partial charge >= 0.3 is 0 Å². The Kier molecular flexibility index (Phi) is 3.37. The molecule has 0 saturated heterocycles. The number of aromatic nitrogens is 1. The summed E-state index contributed by atoms with van der Waals surface area (Å²) in [5.41, 5.74) is 5.20. The molecule has 19 heavy (non-hydrogen) atoms. The van der Waals surface area contributed by atoms with Gasteiger partial charge in [0.1, 0.15) is 0 Å². The quantitative estimate of drug-likeness (QED) is 0.820. The lowest BCUT2D eigenvalue weighted by molar-refractivity contribution is 0.102. The van der Waals surface area contributed by atoms with Gasteiger partial charge in [0.25, 0.3) is 5.91 Å². The molecule has 7 heteroatoms. The molecule has 2 rings (SSSR count). The van der Waals surface area contributed by atoms with Crippen molar-refractivity contribution in [2.24, 2.45) is 0 Å². The lowest BCUT2D eigenvalue weighted by Crippen LogP contribution is -2.16. The van der Waals surface area contributed by atoms with Crippen molar-refractivity contribution in [2.75, 3.05) is 11.1 Å². The summed E-state index contributed by atoms with van der Waals surface area (Å²) >= 11 is 0. The number of benzene rings is 1. The molecule has 1 aromatic carbocycles. The van der Waals surface area contributed by atoms with Crippen molar-refractivity contribution in [1.29, 1.82) is 0 Å². The van der Waals surface area contributed by atoms with Crippen molar-refractivity contribution in [1.82, 2.24) is 4.98 Å². The first-order valence-corrected chi connectivity index (χ1v) is 5.15. The van der Waals surface area contributed by atoms with E-state index in [1.807, 2.05) is 0 Å². The van der Waals surface area contributed by atoms with Crippen molar-refractivity contribution in [3.8, 4) is 0 Å². The summed E-state index contributed by atoms with van der Waals surface area (Å²) in [6.45, 7) is 0. The van der Waals surface area contributed by atoms with Gasteiger partial charge in [0.05, 0.1) is 11.3 Å². The third-order valence-corrected chi connectivity index (χ3v) is 2.38. The topological polar surface area (TPSA) is 68.0 Å². The van der Waals surface area contributed by atoms with E-state index in [0.29, 0.717) is 6.07 Å². The van der Waals surface area contributed by atoms with Crippen molar-refractivity contribution >= 4 is 17.3 Å². The van der Waals surface area contributed by atoms with Crippen LogP contribution in [0.15, 0.2) is 30.6 Å². The minimum atomic E-state index is -1.66. The Morgan fingerprint density at radius 2 is 1.89 bits per heavy atom. The number of carbonyl (C=O) groups is 1.